The third kappa shape index (κ3) is 4.10. The zero-order chi connectivity index (χ0) is 26.3. The number of rotatable bonds is 7. The van der Waals surface area contributed by atoms with Crippen LogP contribution in [-0.2, 0) is 21.7 Å². The van der Waals surface area contributed by atoms with Crippen LogP contribution in [0.5, 0.6) is 5.75 Å². The summed E-state index contributed by atoms with van der Waals surface area (Å²) in [6.45, 7) is 2.67. The first-order chi connectivity index (χ1) is 17.8. The van der Waals surface area contributed by atoms with Gasteiger partial charge in [0.2, 0.25) is 5.91 Å². The monoisotopic (exact) mass is 541 g/mol. The molecule has 2 aliphatic heterocycles. The Bertz CT molecular complexity index is 1370. The van der Waals surface area contributed by atoms with Crippen LogP contribution >= 0.6 is 23.2 Å². The number of aldehydes is 1. The van der Waals surface area contributed by atoms with Gasteiger partial charge in [-0.15, -0.1) is 0 Å². The molecule has 1 saturated heterocycles. The fraction of sp³-hybridized carbons (Fsp3) is 0.286. The number of carbonyl (C=O) groups is 2. The number of halogens is 3. The van der Waals surface area contributed by atoms with Gasteiger partial charge >= 0.3 is 0 Å². The zero-order valence-electron chi connectivity index (χ0n) is 20.1. The van der Waals surface area contributed by atoms with Crippen molar-refractivity contribution >= 4 is 41.1 Å². The van der Waals surface area contributed by atoms with E-state index < -0.39 is 29.4 Å². The Kier molecular flexibility index (Phi) is 6.98. The van der Waals surface area contributed by atoms with Gasteiger partial charge in [0.25, 0.3) is 0 Å². The SMILES string of the molecule is CCOc1cccc(CN2[C@@H](CC=O)[C@@H](N)[C@H](c3cccc(Cl)c3F)[C@]23C(=O)Nc2cc(Cl)ccc23)c1. The van der Waals surface area contributed by atoms with Gasteiger partial charge in [0.1, 0.15) is 23.4 Å². The van der Waals surface area contributed by atoms with E-state index in [0.717, 1.165) is 11.8 Å². The number of hydrogen-bond acceptors (Lipinski definition) is 5. The maximum absolute atomic E-state index is 15.6. The smallest absolute Gasteiger partial charge is 0.250 e. The van der Waals surface area contributed by atoms with E-state index in [2.05, 4.69) is 5.32 Å². The first-order valence-corrected chi connectivity index (χ1v) is 12.8. The summed E-state index contributed by atoms with van der Waals surface area (Å²) in [5.41, 5.74) is 7.65. The van der Waals surface area contributed by atoms with Gasteiger partial charge in [-0.3, -0.25) is 9.69 Å². The Labute approximate surface area is 224 Å². The van der Waals surface area contributed by atoms with Crippen LogP contribution in [0.15, 0.2) is 60.7 Å². The molecule has 0 bridgehead atoms. The van der Waals surface area contributed by atoms with E-state index in [1.165, 1.54) is 6.07 Å². The van der Waals surface area contributed by atoms with E-state index in [0.29, 0.717) is 28.6 Å². The van der Waals surface area contributed by atoms with Gasteiger partial charge in [0, 0.05) is 47.2 Å². The summed E-state index contributed by atoms with van der Waals surface area (Å²) in [5, 5.41) is 3.33. The molecule has 0 unspecified atom stereocenters. The van der Waals surface area contributed by atoms with E-state index in [-0.39, 0.29) is 29.5 Å². The van der Waals surface area contributed by atoms with Gasteiger partial charge in [-0.1, -0.05) is 53.5 Å². The Morgan fingerprint density at radius 1 is 1.16 bits per heavy atom. The molecule has 3 aromatic rings. The lowest BCUT2D eigenvalue weighted by molar-refractivity contribution is -0.128. The minimum absolute atomic E-state index is 0.0585. The molecule has 0 radical (unpaired) electrons. The first kappa shape index (κ1) is 25.7. The van der Waals surface area contributed by atoms with Crippen molar-refractivity contribution in [3.8, 4) is 5.75 Å². The Morgan fingerprint density at radius 3 is 2.70 bits per heavy atom. The second kappa shape index (κ2) is 10.1. The number of hydrogen-bond donors (Lipinski definition) is 2. The summed E-state index contributed by atoms with van der Waals surface area (Å²) < 4.78 is 21.3. The van der Waals surface area contributed by atoms with Crippen LogP contribution < -0.4 is 15.8 Å². The van der Waals surface area contributed by atoms with Crippen LogP contribution in [-0.4, -0.2) is 35.8 Å². The van der Waals surface area contributed by atoms with E-state index in [1.54, 1.807) is 30.3 Å². The Balaban J connectivity index is 1.76. The van der Waals surface area contributed by atoms with Gasteiger partial charge < -0.3 is 20.6 Å². The molecular formula is C28H26Cl2FN3O3. The predicted molar refractivity (Wildman–Crippen MR) is 142 cm³/mol. The summed E-state index contributed by atoms with van der Waals surface area (Å²) >= 11 is 12.4. The standard InChI is InChI=1S/C28H26Cl2FN3O3/c1-2-37-18-6-3-5-16(13-18)15-34-23(11-12-35)26(32)24(19-7-4-8-21(30)25(19)31)28(34)20-10-9-17(29)14-22(20)33-27(28)36/h3-10,12-14,23-24,26H,2,11,15,32H2,1H3,(H,33,36)/t23-,24-,26+,28+/m0/s1. The Hall–Kier alpha value is -2.97. The molecule has 9 heteroatoms. The average molecular weight is 542 g/mol. The van der Waals surface area contributed by atoms with Crippen molar-refractivity contribution in [3.05, 3.63) is 93.2 Å². The number of anilines is 1. The molecule has 3 N–H and O–H groups in total. The minimum atomic E-state index is -1.42. The van der Waals surface area contributed by atoms with Crippen molar-refractivity contribution in [3.63, 3.8) is 0 Å². The summed E-state index contributed by atoms with van der Waals surface area (Å²) in [4.78, 5) is 27.9. The maximum Gasteiger partial charge on any atom is 0.250 e. The van der Waals surface area contributed by atoms with Crippen LogP contribution in [0.2, 0.25) is 10.0 Å². The lowest BCUT2D eigenvalue weighted by Crippen LogP contribution is -2.51. The molecule has 3 aromatic carbocycles. The number of ether oxygens (including phenoxy) is 1. The van der Waals surface area contributed by atoms with Gasteiger partial charge in [-0.2, -0.15) is 0 Å². The molecule has 2 heterocycles. The summed E-state index contributed by atoms with van der Waals surface area (Å²) in [6.07, 6.45) is 0.844. The maximum atomic E-state index is 15.6. The Morgan fingerprint density at radius 2 is 1.95 bits per heavy atom. The van der Waals surface area contributed by atoms with Crippen molar-refractivity contribution < 1.29 is 18.7 Å². The third-order valence-corrected chi connectivity index (χ3v) is 7.86. The van der Waals surface area contributed by atoms with Gasteiger partial charge in [-0.05, 0) is 48.4 Å². The molecule has 5 rings (SSSR count). The first-order valence-electron chi connectivity index (χ1n) is 12.1. The van der Waals surface area contributed by atoms with Crippen molar-refractivity contribution in [1.82, 2.24) is 4.90 Å². The fourth-order valence-electron chi connectivity index (χ4n) is 5.95. The molecule has 0 aromatic heterocycles. The third-order valence-electron chi connectivity index (χ3n) is 7.34. The number of amides is 1. The van der Waals surface area contributed by atoms with Gasteiger partial charge in [-0.25, -0.2) is 4.39 Å². The van der Waals surface area contributed by atoms with Crippen LogP contribution in [0, 0.1) is 5.82 Å². The molecule has 6 nitrogen and oxygen atoms in total. The second-order valence-electron chi connectivity index (χ2n) is 9.29. The number of carbonyl (C=O) groups excluding carboxylic acids is 2. The van der Waals surface area contributed by atoms with Gasteiger partial charge in [0.05, 0.1) is 11.6 Å². The highest BCUT2D eigenvalue weighted by Crippen LogP contribution is 2.58. The van der Waals surface area contributed by atoms with Crippen LogP contribution in [0.3, 0.4) is 0 Å². The van der Waals surface area contributed by atoms with Gasteiger partial charge in [0.15, 0.2) is 0 Å². The molecule has 4 atom stereocenters. The van der Waals surface area contributed by atoms with Crippen molar-refractivity contribution in [2.24, 2.45) is 5.73 Å². The number of benzene rings is 3. The number of nitrogens with one attached hydrogen (secondary N) is 1. The average Bonchev–Trinajstić information content (AvgIpc) is 3.27. The van der Waals surface area contributed by atoms with E-state index in [4.69, 9.17) is 33.7 Å². The second-order valence-corrected chi connectivity index (χ2v) is 10.1. The minimum Gasteiger partial charge on any atom is -0.494 e. The van der Waals surface area contributed by atoms with E-state index in [9.17, 15) is 9.59 Å². The topological polar surface area (TPSA) is 84.7 Å². The fourth-order valence-corrected chi connectivity index (χ4v) is 6.30. The lowest BCUT2D eigenvalue weighted by atomic mass is 9.73. The number of nitrogens with two attached hydrogens (primary N) is 1. The molecule has 0 saturated carbocycles. The van der Waals surface area contributed by atoms with Crippen LogP contribution in [0.1, 0.15) is 36.0 Å². The molecule has 192 valence electrons. The molecule has 2 aliphatic rings. The quantitative estimate of drug-likeness (QED) is 0.398. The van der Waals surface area contributed by atoms with Crippen LogP contribution in [0.25, 0.3) is 0 Å². The summed E-state index contributed by atoms with van der Waals surface area (Å²) in [7, 11) is 0. The van der Waals surface area contributed by atoms with Crippen molar-refractivity contribution in [2.75, 3.05) is 11.9 Å². The highest BCUT2D eigenvalue weighted by atomic mass is 35.5. The molecule has 1 spiro atoms. The predicted octanol–water partition coefficient (Wildman–Crippen LogP) is 5.26. The highest BCUT2D eigenvalue weighted by Gasteiger charge is 2.66. The van der Waals surface area contributed by atoms with Crippen molar-refractivity contribution in [1.29, 1.82) is 0 Å². The number of fused-ring (bicyclic) bond motifs is 2. The molecular weight excluding hydrogens is 516 g/mol. The van der Waals surface area contributed by atoms with E-state index in [1.807, 2.05) is 36.1 Å². The van der Waals surface area contributed by atoms with Crippen molar-refractivity contribution in [2.45, 2.75) is 43.4 Å². The van der Waals surface area contributed by atoms with Crippen LogP contribution in [0.4, 0.5) is 10.1 Å². The molecule has 1 amide bonds. The number of nitrogens with zero attached hydrogens (tertiary/aromatic N) is 1. The highest BCUT2D eigenvalue weighted by molar-refractivity contribution is 6.31. The largest absolute Gasteiger partial charge is 0.494 e. The normalized spacial score (nSPS) is 24.8. The zero-order valence-corrected chi connectivity index (χ0v) is 21.6. The lowest BCUT2D eigenvalue weighted by Gasteiger charge is -2.39. The molecule has 0 aliphatic carbocycles. The molecule has 37 heavy (non-hydrogen) atoms. The summed E-state index contributed by atoms with van der Waals surface area (Å²) in [5.74, 6) is -1.15. The number of likely N-dealkylation sites (tertiary alicyclic amines) is 1. The summed E-state index contributed by atoms with van der Waals surface area (Å²) in [6, 6.07) is 16.0. The molecule has 1 fully saturated rings. The van der Waals surface area contributed by atoms with E-state index >= 15 is 4.39 Å².